The number of aliphatic hydroxyl groups excluding tert-OH is 1. The molecule has 0 radical (unpaired) electrons. The van der Waals surface area contributed by atoms with Crippen LogP contribution in [0.1, 0.15) is 19.5 Å². The van der Waals surface area contributed by atoms with Gasteiger partial charge in [0, 0.05) is 7.05 Å². The topological polar surface area (TPSA) is 49.2 Å². The Labute approximate surface area is 107 Å². The maximum atomic E-state index is 9.44. The predicted octanol–water partition coefficient (Wildman–Crippen LogP) is 2.15. The van der Waals surface area contributed by atoms with Gasteiger partial charge in [-0.3, -0.25) is 0 Å². The van der Waals surface area contributed by atoms with E-state index in [9.17, 15) is 5.11 Å². The number of hydrogen-bond donors (Lipinski definition) is 1. The Hall–Kier alpha value is -1.68. The van der Waals surface area contributed by atoms with Gasteiger partial charge in [-0.05, 0) is 32.9 Å². The number of anilines is 1. The second-order valence-corrected chi connectivity index (χ2v) is 5.15. The number of nitrogens with zero attached hydrogens (tertiary/aromatic N) is 3. The van der Waals surface area contributed by atoms with Gasteiger partial charge >= 0.3 is 0 Å². The molecule has 0 atom stereocenters. The summed E-state index contributed by atoms with van der Waals surface area (Å²) in [6.45, 7) is 5.96. The highest BCUT2D eigenvalue weighted by Crippen LogP contribution is 2.24. The number of fused-ring (bicyclic) bond motifs is 1. The molecular formula is C14H19N3O. The van der Waals surface area contributed by atoms with E-state index in [-0.39, 0.29) is 12.1 Å². The Balaban J connectivity index is 2.54. The molecule has 1 N–H and O–H groups in total. The monoisotopic (exact) mass is 245 g/mol. The number of aromatic nitrogens is 2. The summed E-state index contributed by atoms with van der Waals surface area (Å²) < 4.78 is 0. The summed E-state index contributed by atoms with van der Waals surface area (Å²) in [5, 5.41) is 9.44. The van der Waals surface area contributed by atoms with Gasteiger partial charge in [-0.1, -0.05) is 12.1 Å². The fraction of sp³-hybridized carbons (Fsp3) is 0.429. The lowest BCUT2D eigenvalue weighted by atomic mass is 10.1. The van der Waals surface area contributed by atoms with Gasteiger partial charge < -0.3 is 10.0 Å². The van der Waals surface area contributed by atoms with Crippen molar-refractivity contribution in [2.75, 3.05) is 18.6 Å². The predicted molar refractivity (Wildman–Crippen MR) is 73.8 cm³/mol. The quantitative estimate of drug-likeness (QED) is 0.900. The summed E-state index contributed by atoms with van der Waals surface area (Å²) in [5.41, 5.74) is 2.28. The van der Waals surface area contributed by atoms with E-state index in [2.05, 4.69) is 9.97 Å². The molecule has 0 aliphatic rings. The zero-order valence-electron chi connectivity index (χ0n) is 11.3. The fourth-order valence-electron chi connectivity index (χ4n) is 1.79. The number of benzene rings is 1. The normalized spacial score (nSPS) is 11.8. The largest absolute Gasteiger partial charge is 0.394 e. The summed E-state index contributed by atoms with van der Waals surface area (Å²) in [7, 11) is 1.93. The van der Waals surface area contributed by atoms with Crippen LogP contribution in [0.5, 0.6) is 0 Å². The first kappa shape index (κ1) is 12.8. The fourth-order valence-corrected chi connectivity index (χ4v) is 1.79. The molecule has 0 fully saturated rings. The molecule has 1 heterocycles. The molecule has 96 valence electrons. The van der Waals surface area contributed by atoms with E-state index in [1.54, 1.807) is 0 Å². The zero-order valence-corrected chi connectivity index (χ0v) is 11.3. The highest BCUT2D eigenvalue weighted by molar-refractivity contribution is 5.76. The first-order valence-electron chi connectivity index (χ1n) is 6.04. The molecule has 0 spiro atoms. The molecule has 0 amide bonds. The molecule has 4 nitrogen and oxygen atoms in total. The van der Waals surface area contributed by atoms with E-state index in [0.717, 1.165) is 22.5 Å². The van der Waals surface area contributed by atoms with Crippen molar-refractivity contribution in [3.63, 3.8) is 0 Å². The number of para-hydroxylation sites is 2. The number of likely N-dealkylation sites (N-methyl/N-ethyl adjacent to an activating group) is 1. The van der Waals surface area contributed by atoms with Crippen LogP contribution >= 0.6 is 0 Å². The van der Waals surface area contributed by atoms with Crippen molar-refractivity contribution >= 4 is 16.9 Å². The Morgan fingerprint density at radius 3 is 2.28 bits per heavy atom. The van der Waals surface area contributed by atoms with Crippen molar-refractivity contribution in [1.29, 1.82) is 0 Å². The Morgan fingerprint density at radius 1 is 1.17 bits per heavy atom. The van der Waals surface area contributed by atoms with Gasteiger partial charge in [-0.25, -0.2) is 9.97 Å². The molecule has 1 aromatic heterocycles. The maximum Gasteiger partial charge on any atom is 0.151 e. The molecule has 0 bridgehead atoms. The second kappa shape index (κ2) is 4.53. The van der Waals surface area contributed by atoms with Crippen molar-refractivity contribution in [1.82, 2.24) is 9.97 Å². The third-order valence-corrected chi connectivity index (χ3v) is 3.33. The zero-order chi connectivity index (χ0) is 13.3. The molecule has 0 aliphatic heterocycles. The van der Waals surface area contributed by atoms with Crippen LogP contribution in [0.2, 0.25) is 0 Å². The number of aliphatic hydroxyl groups is 1. The minimum absolute atomic E-state index is 0.0669. The summed E-state index contributed by atoms with van der Waals surface area (Å²) in [4.78, 5) is 11.2. The van der Waals surface area contributed by atoms with Crippen LogP contribution in [0.4, 0.5) is 5.82 Å². The van der Waals surface area contributed by atoms with Crippen molar-refractivity contribution in [2.24, 2.45) is 0 Å². The van der Waals surface area contributed by atoms with Crippen molar-refractivity contribution in [3.8, 4) is 0 Å². The van der Waals surface area contributed by atoms with E-state index in [1.807, 2.05) is 57.0 Å². The van der Waals surface area contributed by atoms with E-state index < -0.39 is 0 Å². The molecular weight excluding hydrogens is 226 g/mol. The van der Waals surface area contributed by atoms with Crippen molar-refractivity contribution in [2.45, 2.75) is 26.3 Å². The average molecular weight is 245 g/mol. The molecule has 0 aliphatic carbocycles. The van der Waals surface area contributed by atoms with Crippen LogP contribution in [0.3, 0.4) is 0 Å². The van der Waals surface area contributed by atoms with Crippen LogP contribution in [-0.2, 0) is 0 Å². The lowest BCUT2D eigenvalue weighted by Gasteiger charge is -2.35. The Morgan fingerprint density at radius 2 is 1.72 bits per heavy atom. The lowest BCUT2D eigenvalue weighted by molar-refractivity contribution is 0.215. The molecule has 0 saturated carbocycles. The second-order valence-electron chi connectivity index (χ2n) is 5.15. The minimum Gasteiger partial charge on any atom is -0.394 e. The maximum absolute atomic E-state index is 9.44. The Bertz CT molecular complexity index is 566. The SMILES string of the molecule is Cc1nc2ccccc2nc1N(C)C(C)(C)CO. The van der Waals surface area contributed by atoms with E-state index >= 15 is 0 Å². The van der Waals surface area contributed by atoms with Gasteiger partial charge in [0.25, 0.3) is 0 Å². The van der Waals surface area contributed by atoms with Crippen LogP contribution in [0.25, 0.3) is 11.0 Å². The molecule has 2 aromatic rings. The standard InChI is InChI=1S/C14H19N3O/c1-10-13(17(4)14(2,3)9-18)16-12-8-6-5-7-11(12)15-10/h5-8,18H,9H2,1-4H3. The summed E-state index contributed by atoms with van der Waals surface area (Å²) in [6.07, 6.45) is 0. The molecule has 18 heavy (non-hydrogen) atoms. The van der Waals surface area contributed by atoms with E-state index in [1.165, 1.54) is 0 Å². The highest BCUT2D eigenvalue weighted by Gasteiger charge is 2.25. The highest BCUT2D eigenvalue weighted by atomic mass is 16.3. The van der Waals surface area contributed by atoms with Crippen molar-refractivity contribution < 1.29 is 5.11 Å². The molecule has 4 heteroatoms. The van der Waals surface area contributed by atoms with Crippen LogP contribution < -0.4 is 4.90 Å². The van der Waals surface area contributed by atoms with Crippen LogP contribution in [0.15, 0.2) is 24.3 Å². The summed E-state index contributed by atoms with van der Waals surface area (Å²) in [6, 6.07) is 7.81. The third kappa shape index (κ3) is 2.16. The van der Waals surface area contributed by atoms with Gasteiger partial charge in [-0.15, -0.1) is 0 Å². The first-order chi connectivity index (χ1) is 8.45. The molecule has 1 aromatic carbocycles. The first-order valence-corrected chi connectivity index (χ1v) is 6.04. The smallest absolute Gasteiger partial charge is 0.151 e. The Kier molecular flexibility index (Phi) is 3.22. The van der Waals surface area contributed by atoms with Crippen LogP contribution in [-0.4, -0.2) is 34.3 Å². The number of aryl methyl sites for hydroxylation is 1. The van der Waals surface area contributed by atoms with Gasteiger partial charge in [0.15, 0.2) is 5.82 Å². The summed E-state index contributed by atoms with van der Waals surface area (Å²) in [5.74, 6) is 0.813. The number of hydrogen-bond acceptors (Lipinski definition) is 4. The lowest BCUT2D eigenvalue weighted by Crippen LogP contribution is -2.45. The van der Waals surface area contributed by atoms with Gasteiger partial charge in [-0.2, -0.15) is 0 Å². The third-order valence-electron chi connectivity index (χ3n) is 3.33. The van der Waals surface area contributed by atoms with Crippen molar-refractivity contribution in [3.05, 3.63) is 30.0 Å². The van der Waals surface area contributed by atoms with Crippen LogP contribution in [0, 0.1) is 6.92 Å². The van der Waals surface area contributed by atoms with Gasteiger partial charge in [0.1, 0.15) is 0 Å². The van der Waals surface area contributed by atoms with E-state index in [0.29, 0.717) is 0 Å². The minimum atomic E-state index is -0.359. The average Bonchev–Trinajstić information content (AvgIpc) is 2.37. The van der Waals surface area contributed by atoms with E-state index in [4.69, 9.17) is 0 Å². The molecule has 0 unspecified atom stereocenters. The molecule has 0 saturated heterocycles. The van der Waals surface area contributed by atoms with Gasteiger partial charge in [0.05, 0.1) is 28.9 Å². The molecule has 2 rings (SSSR count). The summed E-state index contributed by atoms with van der Waals surface area (Å²) >= 11 is 0. The van der Waals surface area contributed by atoms with Gasteiger partial charge in [0.2, 0.25) is 0 Å². The number of rotatable bonds is 3.